The molecule has 1 aromatic heterocycles. The van der Waals surface area contributed by atoms with Crippen molar-refractivity contribution in [3.63, 3.8) is 0 Å². The highest BCUT2D eigenvalue weighted by atomic mass is 16.2. The zero-order valence-electron chi connectivity index (χ0n) is 15.7. The molecule has 0 bridgehead atoms. The molecular formula is C20H30N4O2. The normalized spacial score (nSPS) is 18.9. The van der Waals surface area contributed by atoms with E-state index in [0.717, 1.165) is 51.3 Å². The zero-order chi connectivity index (χ0) is 18.4. The molecule has 3 rings (SSSR count). The van der Waals surface area contributed by atoms with Crippen molar-refractivity contribution in [3.8, 4) is 0 Å². The standard InChI is InChI=1S/C20H30N4O2/c1-16-5-4-10-21-18(16)15-23-11-13-24(14-12-23)20(26)9-8-19(25)22-17-6-2-3-7-17/h4-5,10,17H,2-3,6-9,11-15H2,1H3,(H,22,25). The van der Waals surface area contributed by atoms with E-state index in [0.29, 0.717) is 18.9 Å². The minimum absolute atomic E-state index is 0.0227. The van der Waals surface area contributed by atoms with Gasteiger partial charge >= 0.3 is 0 Å². The maximum atomic E-state index is 12.4. The third kappa shape index (κ3) is 5.27. The molecule has 1 saturated heterocycles. The number of pyridine rings is 1. The van der Waals surface area contributed by atoms with Crippen molar-refractivity contribution in [1.29, 1.82) is 0 Å². The Labute approximate surface area is 156 Å². The highest BCUT2D eigenvalue weighted by Gasteiger charge is 2.23. The van der Waals surface area contributed by atoms with Gasteiger partial charge in [0.1, 0.15) is 0 Å². The number of carbonyl (C=O) groups is 2. The van der Waals surface area contributed by atoms with Gasteiger partial charge < -0.3 is 10.2 Å². The lowest BCUT2D eigenvalue weighted by Crippen LogP contribution is -2.48. The molecule has 6 heteroatoms. The lowest BCUT2D eigenvalue weighted by molar-refractivity contribution is -0.135. The van der Waals surface area contributed by atoms with Gasteiger partial charge in [-0.1, -0.05) is 18.9 Å². The van der Waals surface area contributed by atoms with Gasteiger partial charge in [-0.25, -0.2) is 0 Å². The van der Waals surface area contributed by atoms with Crippen LogP contribution in [0, 0.1) is 6.92 Å². The van der Waals surface area contributed by atoms with E-state index in [4.69, 9.17) is 0 Å². The van der Waals surface area contributed by atoms with Crippen molar-refractivity contribution in [2.24, 2.45) is 0 Å². The Morgan fingerprint density at radius 1 is 1.15 bits per heavy atom. The second kappa shape index (κ2) is 9.12. The van der Waals surface area contributed by atoms with Crippen LogP contribution in [0.25, 0.3) is 0 Å². The van der Waals surface area contributed by atoms with Crippen LogP contribution in [-0.2, 0) is 16.1 Å². The van der Waals surface area contributed by atoms with Crippen molar-refractivity contribution in [2.75, 3.05) is 26.2 Å². The molecule has 1 aromatic rings. The van der Waals surface area contributed by atoms with E-state index in [1.54, 1.807) is 0 Å². The minimum Gasteiger partial charge on any atom is -0.353 e. The fourth-order valence-corrected chi connectivity index (χ4v) is 3.80. The average molecular weight is 358 g/mol. The van der Waals surface area contributed by atoms with Crippen molar-refractivity contribution < 1.29 is 9.59 Å². The largest absolute Gasteiger partial charge is 0.353 e. The summed E-state index contributed by atoms with van der Waals surface area (Å²) in [6.45, 7) is 6.09. The first-order valence-electron chi connectivity index (χ1n) is 9.82. The second-order valence-corrected chi connectivity index (χ2v) is 7.47. The number of hydrogen-bond donors (Lipinski definition) is 1. The monoisotopic (exact) mass is 358 g/mol. The van der Waals surface area contributed by atoms with E-state index in [9.17, 15) is 9.59 Å². The van der Waals surface area contributed by atoms with E-state index in [1.165, 1.54) is 18.4 Å². The van der Waals surface area contributed by atoms with Gasteiger partial charge in [-0.05, 0) is 31.4 Å². The maximum Gasteiger partial charge on any atom is 0.223 e. The van der Waals surface area contributed by atoms with E-state index in [1.807, 2.05) is 17.2 Å². The zero-order valence-corrected chi connectivity index (χ0v) is 15.7. The van der Waals surface area contributed by atoms with Crippen molar-refractivity contribution in [3.05, 3.63) is 29.6 Å². The number of nitrogens with zero attached hydrogens (tertiary/aromatic N) is 3. The molecule has 142 valence electrons. The molecule has 2 fully saturated rings. The van der Waals surface area contributed by atoms with Crippen LogP contribution in [0.1, 0.15) is 49.8 Å². The minimum atomic E-state index is 0.0227. The third-order valence-electron chi connectivity index (χ3n) is 5.50. The molecule has 0 spiro atoms. The molecule has 26 heavy (non-hydrogen) atoms. The van der Waals surface area contributed by atoms with Crippen LogP contribution in [-0.4, -0.2) is 58.8 Å². The molecule has 1 saturated carbocycles. The summed E-state index contributed by atoms with van der Waals surface area (Å²) in [4.78, 5) is 33.0. The fraction of sp³-hybridized carbons (Fsp3) is 0.650. The molecule has 6 nitrogen and oxygen atoms in total. The van der Waals surface area contributed by atoms with Crippen LogP contribution in [0.3, 0.4) is 0 Å². The van der Waals surface area contributed by atoms with Crippen molar-refractivity contribution >= 4 is 11.8 Å². The van der Waals surface area contributed by atoms with Gasteiger partial charge in [0.25, 0.3) is 0 Å². The number of hydrogen-bond acceptors (Lipinski definition) is 4. The van der Waals surface area contributed by atoms with E-state index in [-0.39, 0.29) is 11.8 Å². The topological polar surface area (TPSA) is 65.5 Å². The molecule has 1 N–H and O–H groups in total. The molecule has 0 radical (unpaired) electrons. The third-order valence-corrected chi connectivity index (χ3v) is 5.50. The predicted octanol–water partition coefficient (Wildman–Crippen LogP) is 1.87. The van der Waals surface area contributed by atoms with Crippen LogP contribution >= 0.6 is 0 Å². The summed E-state index contributed by atoms with van der Waals surface area (Å²) in [5, 5.41) is 3.05. The smallest absolute Gasteiger partial charge is 0.223 e. The molecule has 1 aliphatic carbocycles. The van der Waals surface area contributed by atoms with E-state index >= 15 is 0 Å². The highest BCUT2D eigenvalue weighted by molar-refractivity contribution is 5.84. The lowest BCUT2D eigenvalue weighted by Gasteiger charge is -2.34. The Kier molecular flexibility index (Phi) is 6.61. The average Bonchev–Trinajstić information content (AvgIpc) is 3.15. The van der Waals surface area contributed by atoms with Crippen LogP contribution in [0.2, 0.25) is 0 Å². The molecule has 0 atom stereocenters. The van der Waals surface area contributed by atoms with Gasteiger partial charge in [0, 0.05) is 57.8 Å². The number of aryl methyl sites for hydroxylation is 1. The van der Waals surface area contributed by atoms with Crippen LogP contribution in [0.4, 0.5) is 0 Å². The van der Waals surface area contributed by atoms with Gasteiger partial charge in [-0.2, -0.15) is 0 Å². The van der Waals surface area contributed by atoms with Crippen LogP contribution in [0.15, 0.2) is 18.3 Å². The molecular weight excluding hydrogens is 328 g/mol. The van der Waals surface area contributed by atoms with Crippen LogP contribution in [0.5, 0.6) is 0 Å². The van der Waals surface area contributed by atoms with Gasteiger partial charge in [0.15, 0.2) is 0 Å². The summed E-state index contributed by atoms with van der Waals surface area (Å²) in [5.74, 6) is 0.120. The Balaban J connectivity index is 1.36. The van der Waals surface area contributed by atoms with Crippen molar-refractivity contribution in [2.45, 2.75) is 58.0 Å². The first-order valence-corrected chi connectivity index (χ1v) is 9.82. The molecule has 0 unspecified atom stereocenters. The number of amides is 2. The number of carbonyl (C=O) groups excluding carboxylic acids is 2. The summed E-state index contributed by atoms with van der Waals surface area (Å²) in [6.07, 6.45) is 7.02. The Morgan fingerprint density at radius 2 is 1.88 bits per heavy atom. The van der Waals surface area contributed by atoms with Gasteiger partial charge in [0.2, 0.25) is 11.8 Å². The van der Waals surface area contributed by atoms with Crippen LogP contribution < -0.4 is 5.32 Å². The Bertz CT molecular complexity index is 620. The predicted molar refractivity (Wildman–Crippen MR) is 100 cm³/mol. The molecule has 0 aromatic carbocycles. The first kappa shape index (κ1) is 18.8. The number of nitrogens with one attached hydrogen (secondary N) is 1. The van der Waals surface area contributed by atoms with Crippen molar-refractivity contribution in [1.82, 2.24) is 20.1 Å². The van der Waals surface area contributed by atoms with E-state index in [2.05, 4.69) is 28.2 Å². The summed E-state index contributed by atoms with van der Waals surface area (Å²) in [7, 11) is 0. The summed E-state index contributed by atoms with van der Waals surface area (Å²) < 4.78 is 0. The van der Waals surface area contributed by atoms with E-state index < -0.39 is 0 Å². The molecule has 1 aliphatic heterocycles. The first-order chi connectivity index (χ1) is 12.6. The highest BCUT2D eigenvalue weighted by Crippen LogP contribution is 2.18. The molecule has 2 amide bonds. The summed E-state index contributed by atoms with van der Waals surface area (Å²) in [5.41, 5.74) is 2.31. The summed E-state index contributed by atoms with van der Waals surface area (Å²) in [6, 6.07) is 4.37. The maximum absolute atomic E-state index is 12.4. The number of aromatic nitrogens is 1. The SMILES string of the molecule is Cc1cccnc1CN1CCN(C(=O)CCC(=O)NC2CCCC2)CC1. The molecule has 2 aliphatic rings. The lowest BCUT2D eigenvalue weighted by atomic mass is 10.2. The van der Waals surface area contributed by atoms with Gasteiger partial charge in [0.05, 0.1) is 5.69 Å². The fourth-order valence-electron chi connectivity index (χ4n) is 3.80. The second-order valence-electron chi connectivity index (χ2n) is 7.47. The Hall–Kier alpha value is -1.95. The number of piperazine rings is 1. The molecule has 2 heterocycles. The summed E-state index contributed by atoms with van der Waals surface area (Å²) >= 11 is 0. The number of rotatable bonds is 6. The quantitative estimate of drug-likeness (QED) is 0.843. The van der Waals surface area contributed by atoms with Gasteiger partial charge in [-0.3, -0.25) is 19.5 Å². The Morgan fingerprint density at radius 3 is 2.58 bits per heavy atom. The van der Waals surface area contributed by atoms with Gasteiger partial charge in [-0.15, -0.1) is 0 Å².